The lowest BCUT2D eigenvalue weighted by Gasteiger charge is -2.08. The average molecular weight is 380 g/mol. The molecule has 130 valence electrons. The van der Waals surface area contributed by atoms with Gasteiger partial charge in [-0.3, -0.25) is 0 Å². The number of hydrogen-bond acceptors (Lipinski definition) is 4. The van der Waals surface area contributed by atoms with Crippen molar-refractivity contribution in [2.45, 2.75) is 23.7 Å². The van der Waals surface area contributed by atoms with Gasteiger partial charge in [-0.2, -0.15) is 13.2 Å². The first-order valence-corrected chi connectivity index (χ1v) is 9.35. The molecular weight excluding hydrogens is 365 g/mol. The van der Waals surface area contributed by atoms with Crippen LogP contribution in [-0.2, 0) is 11.9 Å². The van der Waals surface area contributed by atoms with E-state index in [4.69, 9.17) is 0 Å². The molecule has 2 aromatic carbocycles. The topological polar surface area (TPSA) is 24.9 Å². The molecular formula is C18H15F3N2S2. The summed E-state index contributed by atoms with van der Waals surface area (Å²) in [5.74, 6) is 0.521. The monoisotopic (exact) mass is 380 g/mol. The van der Waals surface area contributed by atoms with Crippen LogP contribution < -0.4 is 5.32 Å². The maximum absolute atomic E-state index is 12.7. The van der Waals surface area contributed by atoms with Gasteiger partial charge in [0.1, 0.15) is 0 Å². The highest BCUT2D eigenvalue weighted by molar-refractivity contribution is 7.98. The van der Waals surface area contributed by atoms with Gasteiger partial charge in [-0.05, 0) is 37.3 Å². The number of rotatable bonds is 5. The molecule has 7 heteroatoms. The lowest BCUT2D eigenvalue weighted by Crippen LogP contribution is -2.04. The molecule has 0 saturated heterocycles. The van der Waals surface area contributed by atoms with E-state index >= 15 is 0 Å². The van der Waals surface area contributed by atoms with Crippen molar-refractivity contribution in [3.8, 4) is 0 Å². The first-order chi connectivity index (χ1) is 11.9. The normalized spacial score (nSPS) is 11.5. The van der Waals surface area contributed by atoms with E-state index in [2.05, 4.69) is 10.3 Å². The Morgan fingerprint density at radius 2 is 1.88 bits per heavy atom. The van der Waals surface area contributed by atoms with Crippen LogP contribution in [-0.4, -0.2) is 4.98 Å². The minimum absolute atomic E-state index is 0.521. The SMILES string of the molecule is Cc1ccc(Nc2nc(CSc3cccc(C(F)(F)F)c3)cs2)cc1. The lowest BCUT2D eigenvalue weighted by molar-refractivity contribution is -0.137. The third kappa shape index (κ3) is 4.99. The Kier molecular flexibility index (Phi) is 5.34. The predicted molar refractivity (Wildman–Crippen MR) is 97.6 cm³/mol. The number of thioether (sulfide) groups is 1. The predicted octanol–water partition coefficient (Wildman–Crippen LogP) is 6.51. The number of hydrogen-bond donors (Lipinski definition) is 1. The molecule has 1 aromatic heterocycles. The van der Waals surface area contributed by atoms with Crippen molar-refractivity contribution in [1.82, 2.24) is 4.98 Å². The number of aryl methyl sites for hydroxylation is 1. The largest absolute Gasteiger partial charge is 0.416 e. The van der Waals surface area contributed by atoms with Crippen molar-refractivity contribution < 1.29 is 13.2 Å². The van der Waals surface area contributed by atoms with Gasteiger partial charge in [-0.15, -0.1) is 23.1 Å². The van der Waals surface area contributed by atoms with Crippen molar-refractivity contribution in [2.24, 2.45) is 0 Å². The molecule has 3 aromatic rings. The van der Waals surface area contributed by atoms with E-state index in [1.165, 1.54) is 40.8 Å². The van der Waals surface area contributed by atoms with Gasteiger partial charge in [0, 0.05) is 21.7 Å². The molecule has 0 saturated carbocycles. The van der Waals surface area contributed by atoms with Crippen molar-refractivity contribution in [1.29, 1.82) is 0 Å². The fourth-order valence-corrected chi connectivity index (χ4v) is 3.79. The zero-order chi connectivity index (χ0) is 17.9. The number of alkyl halides is 3. The van der Waals surface area contributed by atoms with Crippen LogP contribution in [0.4, 0.5) is 24.0 Å². The second-order valence-electron chi connectivity index (χ2n) is 5.45. The second kappa shape index (κ2) is 7.49. The highest BCUT2D eigenvalue weighted by Gasteiger charge is 2.30. The molecule has 0 spiro atoms. The van der Waals surface area contributed by atoms with Crippen molar-refractivity contribution in [3.63, 3.8) is 0 Å². The van der Waals surface area contributed by atoms with Gasteiger partial charge in [0.05, 0.1) is 11.3 Å². The molecule has 0 aliphatic rings. The Balaban J connectivity index is 1.61. The summed E-state index contributed by atoms with van der Waals surface area (Å²) in [5.41, 5.74) is 2.35. The molecule has 3 rings (SSSR count). The minimum Gasteiger partial charge on any atom is -0.332 e. The Morgan fingerprint density at radius 1 is 1.12 bits per heavy atom. The van der Waals surface area contributed by atoms with Crippen molar-refractivity contribution in [3.05, 3.63) is 70.7 Å². The molecule has 0 unspecified atom stereocenters. The van der Waals surface area contributed by atoms with Crippen LogP contribution in [0.25, 0.3) is 0 Å². The Labute approximate surface area is 152 Å². The number of benzene rings is 2. The van der Waals surface area contributed by atoms with E-state index < -0.39 is 11.7 Å². The summed E-state index contributed by atoms with van der Waals surface area (Å²) in [4.78, 5) is 5.06. The summed E-state index contributed by atoms with van der Waals surface area (Å²) in [6.45, 7) is 2.02. The number of aromatic nitrogens is 1. The number of halogens is 3. The van der Waals surface area contributed by atoms with Gasteiger partial charge in [0.25, 0.3) is 0 Å². The molecule has 0 aliphatic heterocycles. The summed E-state index contributed by atoms with van der Waals surface area (Å²) >= 11 is 2.82. The van der Waals surface area contributed by atoms with Gasteiger partial charge in [0.15, 0.2) is 5.13 Å². The van der Waals surface area contributed by atoms with E-state index in [0.717, 1.165) is 22.6 Å². The summed E-state index contributed by atoms with van der Waals surface area (Å²) in [5, 5.41) is 5.91. The number of nitrogens with zero attached hydrogens (tertiary/aromatic N) is 1. The average Bonchev–Trinajstić information content (AvgIpc) is 3.02. The van der Waals surface area contributed by atoms with Crippen LogP contribution in [0.5, 0.6) is 0 Å². The number of nitrogens with one attached hydrogen (secondary N) is 1. The maximum atomic E-state index is 12.7. The van der Waals surface area contributed by atoms with Gasteiger partial charge in [0.2, 0.25) is 0 Å². The van der Waals surface area contributed by atoms with E-state index in [0.29, 0.717) is 10.6 Å². The van der Waals surface area contributed by atoms with Crippen LogP contribution in [0, 0.1) is 6.92 Å². The first-order valence-electron chi connectivity index (χ1n) is 7.48. The van der Waals surface area contributed by atoms with Crippen LogP contribution in [0.1, 0.15) is 16.8 Å². The molecule has 1 N–H and O–H groups in total. The maximum Gasteiger partial charge on any atom is 0.416 e. The number of anilines is 2. The second-order valence-corrected chi connectivity index (χ2v) is 7.36. The standard InChI is InChI=1S/C18H15F3N2S2/c1-12-5-7-14(8-6-12)22-17-23-15(11-25-17)10-24-16-4-2-3-13(9-16)18(19,20)21/h2-9,11H,10H2,1H3,(H,22,23). The van der Waals surface area contributed by atoms with E-state index in [-0.39, 0.29) is 0 Å². The Bertz CT molecular complexity index is 842. The third-order valence-corrected chi connectivity index (χ3v) is 5.24. The van der Waals surface area contributed by atoms with Crippen LogP contribution in [0.2, 0.25) is 0 Å². The van der Waals surface area contributed by atoms with Crippen molar-refractivity contribution >= 4 is 33.9 Å². The first kappa shape index (κ1) is 17.8. The van der Waals surface area contributed by atoms with Gasteiger partial charge in [-0.25, -0.2) is 4.98 Å². The summed E-state index contributed by atoms with van der Waals surface area (Å²) in [6, 6.07) is 13.3. The van der Waals surface area contributed by atoms with Crippen molar-refractivity contribution in [2.75, 3.05) is 5.32 Å². The molecule has 0 aliphatic carbocycles. The van der Waals surface area contributed by atoms with Crippen LogP contribution >= 0.6 is 23.1 Å². The van der Waals surface area contributed by atoms with E-state index in [1.54, 1.807) is 6.07 Å². The molecule has 0 radical (unpaired) electrons. The molecule has 25 heavy (non-hydrogen) atoms. The molecule has 1 heterocycles. The van der Waals surface area contributed by atoms with Crippen LogP contribution in [0.15, 0.2) is 58.8 Å². The Morgan fingerprint density at radius 3 is 2.60 bits per heavy atom. The highest BCUT2D eigenvalue weighted by atomic mass is 32.2. The summed E-state index contributed by atoms with van der Waals surface area (Å²) < 4.78 is 38.2. The van der Waals surface area contributed by atoms with Gasteiger partial charge >= 0.3 is 6.18 Å². The van der Waals surface area contributed by atoms with E-state index in [9.17, 15) is 13.2 Å². The van der Waals surface area contributed by atoms with Gasteiger partial charge < -0.3 is 5.32 Å². The summed E-state index contributed by atoms with van der Waals surface area (Å²) in [7, 11) is 0. The third-order valence-electron chi connectivity index (χ3n) is 3.40. The van der Waals surface area contributed by atoms with Gasteiger partial charge in [-0.1, -0.05) is 23.8 Å². The quantitative estimate of drug-likeness (QED) is 0.511. The Hall–Kier alpha value is -1.99. The number of thiazole rings is 1. The lowest BCUT2D eigenvalue weighted by atomic mass is 10.2. The minimum atomic E-state index is -4.32. The molecule has 0 amide bonds. The van der Waals surface area contributed by atoms with E-state index in [1.807, 2.05) is 36.6 Å². The smallest absolute Gasteiger partial charge is 0.332 e. The zero-order valence-corrected chi connectivity index (χ0v) is 14.9. The summed E-state index contributed by atoms with van der Waals surface area (Å²) in [6.07, 6.45) is -4.32. The molecule has 0 bridgehead atoms. The fourth-order valence-electron chi connectivity index (χ4n) is 2.11. The molecule has 0 fully saturated rings. The zero-order valence-electron chi connectivity index (χ0n) is 13.3. The van der Waals surface area contributed by atoms with Crippen LogP contribution in [0.3, 0.4) is 0 Å². The highest BCUT2D eigenvalue weighted by Crippen LogP contribution is 2.33. The molecule has 2 nitrogen and oxygen atoms in total. The molecule has 0 atom stereocenters. The fraction of sp³-hybridized carbons (Fsp3) is 0.167.